The average Bonchev–Trinajstić information content (AvgIpc) is 2.47. The fourth-order valence-electron chi connectivity index (χ4n) is 2.41. The van der Waals surface area contributed by atoms with Gasteiger partial charge in [0, 0.05) is 22.8 Å². The van der Waals surface area contributed by atoms with E-state index in [1.54, 1.807) is 6.07 Å². The molecule has 0 unspecified atom stereocenters. The van der Waals surface area contributed by atoms with Crippen molar-refractivity contribution >= 4 is 22.4 Å². The predicted molar refractivity (Wildman–Crippen MR) is 86.1 cm³/mol. The van der Waals surface area contributed by atoms with E-state index in [1.165, 1.54) is 0 Å². The van der Waals surface area contributed by atoms with Crippen LogP contribution in [0.5, 0.6) is 0 Å². The van der Waals surface area contributed by atoms with Crippen LogP contribution in [0.1, 0.15) is 19.0 Å². The Hall–Kier alpha value is -2.62. The third kappa shape index (κ3) is 2.94. The van der Waals surface area contributed by atoms with Crippen molar-refractivity contribution in [2.24, 2.45) is 0 Å². The Balaban J connectivity index is 2.00. The van der Waals surface area contributed by atoms with E-state index in [9.17, 15) is 4.79 Å². The zero-order valence-corrected chi connectivity index (χ0v) is 11.9. The van der Waals surface area contributed by atoms with Gasteiger partial charge in [-0.2, -0.15) is 0 Å². The van der Waals surface area contributed by atoms with Gasteiger partial charge in [-0.25, -0.2) is 4.98 Å². The maximum Gasteiger partial charge on any atom is 0.252 e. The van der Waals surface area contributed by atoms with Crippen LogP contribution in [0.25, 0.3) is 10.8 Å². The van der Waals surface area contributed by atoms with Crippen molar-refractivity contribution < 1.29 is 0 Å². The van der Waals surface area contributed by atoms with Crippen LogP contribution in [0.2, 0.25) is 0 Å². The molecule has 0 saturated heterocycles. The van der Waals surface area contributed by atoms with Crippen LogP contribution in [-0.4, -0.2) is 9.97 Å². The summed E-state index contributed by atoms with van der Waals surface area (Å²) in [5.41, 5.74) is 1.62. The lowest BCUT2D eigenvalue weighted by Crippen LogP contribution is -2.12. The highest BCUT2D eigenvalue weighted by atomic mass is 16.1. The number of rotatable bonds is 4. The zero-order valence-electron chi connectivity index (χ0n) is 11.9. The molecule has 0 bridgehead atoms. The van der Waals surface area contributed by atoms with Crippen LogP contribution in [0, 0.1) is 0 Å². The Morgan fingerprint density at radius 2 is 1.95 bits per heavy atom. The summed E-state index contributed by atoms with van der Waals surface area (Å²) in [6.07, 6.45) is 1.76. The lowest BCUT2D eigenvalue weighted by Gasteiger charge is -2.09. The first kappa shape index (κ1) is 13.4. The van der Waals surface area contributed by atoms with Crippen LogP contribution < -0.4 is 10.9 Å². The quantitative estimate of drug-likeness (QED) is 0.767. The van der Waals surface area contributed by atoms with Crippen molar-refractivity contribution in [1.29, 1.82) is 0 Å². The van der Waals surface area contributed by atoms with Gasteiger partial charge >= 0.3 is 0 Å². The summed E-state index contributed by atoms with van der Waals surface area (Å²) in [4.78, 5) is 18.9. The zero-order chi connectivity index (χ0) is 14.7. The van der Waals surface area contributed by atoms with E-state index in [2.05, 4.69) is 34.3 Å². The molecule has 0 spiro atoms. The van der Waals surface area contributed by atoms with Gasteiger partial charge in [0.15, 0.2) is 0 Å². The summed E-state index contributed by atoms with van der Waals surface area (Å²) in [6, 6.07) is 15.7. The first-order chi connectivity index (χ1) is 10.3. The number of aryl methyl sites for hydroxylation is 1. The number of nitrogens with one attached hydrogen (secondary N) is 2. The Morgan fingerprint density at radius 3 is 2.81 bits per heavy atom. The van der Waals surface area contributed by atoms with E-state index in [-0.39, 0.29) is 5.56 Å². The van der Waals surface area contributed by atoms with Crippen LogP contribution in [-0.2, 0) is 6.42 Å². The van der Waals surface area contributed by atoms with Gasteiger partial charge in [-0.05, 0) is 17.9 Å². The van der Waals surface area contributed by atoms with E-state index >= 15 is 0 Å². The van der Waals surface area contributed by atoms with Crippen molar-refractivity contribution in [3.05, 3.63) is 64.6 Å². The van der Waals surface area contributed by atoms with E-state index < -0.39 is 0 Å². The van der Waals surface area contributed by atoms with Crippen LogP contribution in [0.3, 0.4) is 0 Å². The minimum absolute atomic E-state index is 0.129. The average molecular weight is 279 g/mol. The van der Waals surface area contributed by atoms with E-state index in [0.717, 1.165) is 35.0 Å². The number of hydrogen-bond acceptors (Lipinski definition) is 3. The molecule has 0 radical (unpaired) electrons. The number of fused-ring (bicyclic) bond motifs is 1. The molecule has 0 aliphatic carbocycles. The van der Waals surface area contributed by atoms with Gasteiger partial charge < -0.3 is 5.32 Å². The van der Waals surface area contributed by atoms with E-state index in [4.69, 9.17) is 0 Å². The van der Waals surface area contributed by atoms with Crippen molar-refractivity contribution in [2.75, 3.05) is 5.32 Å². The number of benzene rings is 2. The van der Waals surface area contributed by atoms with Gasteiger partial charge in [-0.3, -0.25) is 9.78 Å². The molecule has 21 heavy (non-hydrogen) atoms. The van der Waals surface area contributed by atoms with Gasteiger partial charge in [0.25, 0.3) is 5.56 Å². The lowest BCUT2D eigenvalue weighted by atomic mass is 10.1. The number of anilines is 2. The molecule has 0 atom stereocenters. The van der Waals surface area contributed by atoms with Gasteiger partial charge in [0.2, 0.25) is 5.95 Å². The van der Waals surface area contributed by atoms with Crippen LogP contribution >= 0.6 is 0 Å². The van der Waals surface area contributed by atoms with Crippen molar-refractivity contribution in [2.45, 2.75) is 19.8 Å². The first-order valence-corrected chi connectivity index (χ1v) is 7.11. The second-order valence-corrected chi connectivity index (χ2v) is 4.99. The Morgan fingerprint density at radius 1 is 1.14 bits per heavy atom. The molecule has 3 aromatic rings. The molecule has 3 rings (SSSR count). The second-order valence-electron chi connectivity index (χ2n) is 4.99. The van der Waals surface area contributed by atoms with Crippen LogP contribution in [0.4, 0.5) is 11.6 Å². The third-order valence-electron chi connectivity index (χ3n) is 3.34. The largest absolute Gasteiger partial charge is 0.325 e. The molecule has 0 aliphatic rings. The summed E-state index contributed by atoms with van der Waals surface area (Å²) in [5, 5.41) is 5.47. The molecular weight excluding hydrogens is 262 g/mol. The summed E-state index contributed by atoms with van der Waals surface area (Å²) < 4.78 is 0. The Bertz CT molecular complexity index is 818. The summed E-state index contributed by atoms with van der Waals surface area (Å²) in [6.45, 7) is 2.07. The maximum absolute atomic E-state index is 11.7. The van der Waals surface area contributed by atoms with Crippen LogP contribution in [0.15, 0.2) is 53.3 Å². The Labute approximate surface area is 122 Å². The van der Waals surface area contributed by atoms with E-state index in [0.29, 0.717) is 5.95 Å². The van der Waals surface area contributed by atoms with Crippen molar-refractivity contribution in [3.63, 3.8) is 0 Å². The molecular formula is C17H17N3O. The monoisotopic (exact) mass is 279 g/mol. The van der Waals surface area contributed by atoms with Gasteiger partial charge in [0.05, 0.1) is 0 Å². The highest BCUT2D eigenvalue weighted by Gasteiger charge is 2.04. The van der Waals surface area contributed by atoms with Crippen molar-refractivity contribution in [3.8, 4) is 0 Å². The molecule has 1 aromatic heterocycles. The molecule has 2 N–H and O–H groups in total. The smallest absolute Gasteiger partial charge is 0.252 e. The molecule has 1 heterocycles. The minimum atomic E-state index is -0.129. The highest BCUT2D eigenvalue weighted by Crippen LogP contribution is 2.24. The second kappa shape index (κ2) is 5.79. The number of H-pyrrole nitrogens is 1. The number of aromatic amines is 1. The van der Waals surface area contributed by atoms with Gasteiger partial charge in [-0.1, -0.05) is 49.7 Å². The third-order valence-corrected chi connectivity index (χ3v) is 3.34. The topological polar surface area (TPSA) is 57.8 Å². The highest BCUT2D eigenvalue weighted by molar-refractivity contribution is 5.94. The summed E-state index contributed by atoms with van der Waals surface area (Å²) in [7, 11) is 0. The molecule has 0 saturated carbocycles. The standard InChI is InChI=1S/C17H17N3O/c1-2-6-13-11-16(21)20-17(18-13)19-15-10-5-8-12-7-3-4-9-14(12)15/h3-5,7-11H,2,6H2,1H3,(H2,18,19,20,21). The maximum atomic E-state index is 11.7. The summed E-state index contributed by atoms with van der Waals surface area (Å²) in [5.74, 6) is 0.488. The molecule has 0 fully saturated rings. The number of nitrogens with zero attached hydrogens (tertiary/aromatic N) is 1. The van der Waals surface area contributed by atoms with Gasteiger partial charge in [0.1, 0.15) is 0 Å². The predicted octanol–water partition coefficient (Wildman–Crippen LogP) is 3.62. The Kier molecular flexibility index (Phi) is 3.69. The molecule has 0 amide bonds. The number of aromatic nitrogens is 2. The molecule has 0 aliphatic heterocycles. The van der Waals surface area contributed by atoms with Crippen molar-refractivity contribution in [1.82, 2.24) is 9.97 Å². The summed E-state index contributed by atoms with van der Waals surface area (Å²) >= 11 is 0. The van der Waals surface area contributed by atoms with E-state index in [1.807, 2.05) is 30.3 Å². The minimum Gasteiger partial charge on any atom is -0.325 e. The lowest BCUT2D eigenvalue weighted by molar-refractivity contribution is 0.870. The fraction of sp³-hybridized carbons (Fsp3) is 0.176. The normalized spacial score (nSPS) is 10.7. The molecule has 106 valence electrons. The molecule has 4 heteroatoms. The molecule has 2 aromatic carbocycles. The fourth-order valence-corrected chi connectivity index (χ4v) is 2.41. The number of hydrogen-bond donors (Lipinski definition) is 2. The SMILES string of the molecule is CCCc1cc(=O)[nH]c(Nc2cccc3ccccc23)n1. The van der Waals surface area contributed by atoms with Gasteiger partial charge in [-0.15, -0.1) is 0 Å². The molecule has 4 nitrogen and oxygen atoms in total. The first-order valence-electron chi connectivity index (χ1n) is 7.11.